The minimum atomic E-state index is -0.891. The van der Waals surface area contributed by atoms with E-state index in [2.05, 4.69) is 28.3 Å². The number of benzene rings is 1. The molecule has 0 aliphatic heterocycles. The fourth-order valence-corrected chi connectivity index (χ4v) is 3.72. The maximum absolute atomic E-state index is 11.8. The molecule has 0 saturated heterocycles. The zero-order valence-electron chi connectivity index (χ0n) is 15.2. The van der Waals surface area contributed by atoms with Gasteiger partial charge in [-0.05, 0) is 18.1 Å². The normalized spacial score (nSPS) is 12.5. The lowest BCUT2D eigenvalue weighted by Gasteiger charge is -2.17. The molecule has 0 spiro atoms. The Bertz CT molecular complexity index is 906. The highest BCUT2D eigenvalue weighted by Crippen LogP contribution is 2.31. The van der Waals surface area contributed by atoms with E-state index in [1.807, 2.05) is 44.2 Å². The summed E-state index contributed by atoms with van der Waals surface area (Å²) >= 11 is 1.64. The summed E-state index contributed by atoms with van der Waals surface area (Å²) in [5.74, 6) is 0.619. The Morgan fingerprint density at radius 2 is 1.96 bits per heavy atom. The number of aromatic nitrogens is 2. The molecule has 1 aromatic carbocycles. The first-order chi connectivity index (χ1) is 12.5. The maximum Gasteiger partial charge on any atom is 0.326 e. The first-order valence-corrected chi connectivity index (χ1v) is 9.63. The average molecular weight is 369 g/mol. The van der Waals surface area contributed by atoms with Crippen LogP contribution in [0.3, 0.4) is 0 Å². The molecule has 26 heavy (non-hydrogen) atoms. The van der Waals surface area contributed by atoms with Gasteiger partial charge in [-0.2, -0.15) is 0 Å². The monoisotopic (exact) mass is 369 g/mol. The van der Waals surface area contributed by atoms with E-state index in [-0.39, 0.29) is 5.92 Å². The third kappa shape index (κ3) is 4.02. The van der Waals surface area contributed by atoms with Crippen LogP contribution in [0, 0.1) is 0 Å². The number of fused-ring (bicyclic) bond motifs is 1. The van der Waals surface area contributed by atoms with Gasteiger partial charge in [0.25, 0.3) is 0 Å². The van der Waals surface area contributed by atoms with Crippen molar-refractivity contribution in [3.63, 3.8) is 0 Å². The van der Waals surface area contributed by atoms with E-state index in [1.165, 1.54) is 4.88 Å². The molecule has 5 nitrogen and oxygen atoms in total. The van der Waals surface area contributed by atoms with Gasteiger partial charge in [0, 0.05) is 17.2 Å². The predicted molar refractivity (Wildman–Crippen MR) is 106 cm³/mol. The van der Waals surface area contributed by atoms with E-state index in [0.29, 0.717) is 12.2 Å². The van der Waals surface area contributed by atoms with Crippen molar-refractivity contribution in [2.24, 2.45) is 0 Å². The second-order valence-electron chi connectivity index (χ2n) is 6.60. The lowest BCUT2D eigenvalue weighted by Crippen LogP contribution is -2.32. The van der Waals surface area contributed by atoms with Crippen LogP contribution in [0.2, 0.25) is 0 Å². The molecular weight excluding hydrogens is 346 g/mol. The van der Waals surface area contributed by atoms with Crippen molar-refractivity contribution in [2.45, 2.75) is 45.6 Å². The minimum Gasteiger partial charge on any atom is -0.480 e. The smallest absolute Gasteiger partial charge is 0.326 e. The van der Waals surface area contributed by atoms with E-state index < -0.39 is 12.0 Å². The average Bonchev–Trinajstić information content (AvgIpc) is 3.05. The maximum atomic E-state index is 11.8. The highest BCUT2D eigenvalue weighted by atomic mass is 32.1. The Hall–Kier alpha value is -2.47. The van der Waals surface area contributed by atoms with Crippen LogP contribution in [0.1, 0.15) is 43.0 Å². The third-order valence-electron chi connectivity index (χ3n) is 4.22. The summed E-state index contributed by atoms with van der Waals surface area (Å²) in [6, 6.07) is 10.9. The molecule has 2 heterocycles. The summed E-state index contributed by atoms with van der Waals surface area (Å²) in [5, 5.41) is 13.8. The molecular formula is C20H23N3O2S. The molecule has 136 valence electrons. The van der Waals surface area contributed by atoms with Crippen LogP contribution in [0.15, 0.2) is 36.4 Å². The van der Waals surface area contributed by atoms with Gasteiger partial charge in [0.05, 0.1) is 5.39 Å². The van der Waals surface area contributed by atoms with Crippen LogP contribution < -0.4 is 5.32 Å². The number of aliphatic carboxylic acids is 1. The van der Waals surface area contributed by atoms with Gasteiger partial charge in [0.2, 0.25) is 0 Å². The van der Waals surface area contributed by atoms with Gasteiger partial charge < -0.3 is 10.4 Å². The van der Waals surface area contributed by atoms with Crippen molar-refractivity contribution in [3.05, 3.63) is 52.7 Å². The molecule has 2 aromatic heterocycles. The quantitative estimate of drug-likeness (QED) is 0.642. The molecule has 3 rings (SSSR count). The zero-order valence-corrected chi connectivity index (χ0v) is 16.0. The number of carboxylic acid groups (broad SMARTS) is 1. The summed E-state index contributed by atoms with van der Waals surface area (Å²) < 4.78 is 0. The van der Waals surface area contributed by atoms with E-state index in [1.54, 1.807) is 11.3 Å². The van der Waals surface area contributed by atoms with Crippen molar-refractivity contribution >= 4 is 33.3 Å². The van der Waals surface area contributed by atoms with E-state index >= 15 is 0 Å². The molecule has 2 N–H and O–H groups in total. The number of hydrogen-bond acceptors (Lipinski definition) is 5. The number of aryl methyl sites for hydroxylation is 1. The first kappa shape index (κ1) is 18.3. The summed E-state index contributed by atoms with van der Waals surface area (Å²) in [6.07, 6.45) is 1.31. The molecule has 1 unspecified atom stereocenters. The van der Waals surface area contributed by atoms with Crippen LogP contribution >= 0.6 is 11.3 Å². The Kier molecular flexibility index (Phi) is 5.52. The number of carboxylic acids is 1. The van der Waals surface area contributed by atoms with E-state index in [9.17, 15) is 9.90 Å². The minimum absolute atomic E-state index is 0.171. The number of nitrogens with zero attached hydrogens (tertiary/aromatic N) is 2. The first-order valence-electron chi connectivity index (χ1n) is 8.81. The summed E-state index contributed by atoms with van der Waals surface area (Å²) in [7, 11) is 0. The Morgan fingerprint density at radius 3 is 2.58 bits per heavy atom. The molecule has 0 aliphatic carbocycles. The summed E-state index contributed by atoms with van der Waals surface area (Å²) in [6.45, 7) is 6.18. The van der Waals surface area contributed by atoms with Crippen LogP contribution in [0.4, 0.5) is 5.82 Å². The molecule has 6 heteroatoms. The van der Waals surface area contributed by atoms with Gasteiger partial charge >= 0.3 is 5.97 Å². The Labute approximate surface area is 157 Å². The van der Waals surface area contributed by atoms with Crippen molar-refractivity contribution in [2.75, 3.05) is 5.32 Å². The van der Waals surface area contributed by atoms with Gasteiger partial charge in [-0.1, -0.05) is 51.1 Å². The zero-order chi connectivity index (χ0) is 18.7. The fraction of sp³-hybridized carbons (Fsp3) is 0.350. The second kappa shape index (κ2) is 7.83. The molecule has 0 amide bonds. The van der Waals surface area contributed by atoms with E-state index in [4.69, 9.17) is 0 Å². The molecule has 1 atom stereocenters. The number of hydrogen-bond donors (Lipinski definition) is 2. The molecule has 0 saturated carbocycles. The number of anilines is 1. The fourth-order valence-electron chi connectivity index (χ4n) is 2.75. The lowest BCUT2D eigenvalue weighted by atomic mass is 10.1. The van der Waals surface area contributed by atoms with Crippen LogP contribution in [0.5, 0.6) is 0 Å². The number of thiophene rings is 1. The topological polar surface area (TPSA) is 75.1 Å². The molecule has 0 radical (unpaired) electrons. The van der Waals surface area contributed by atoms with Crippen LogP contribution in [-0.2, 0) is 17.6 Å². The molecule has 0 bridgehead atoms. The second-order valence-corrected chi connectivity index (χ2v) is 7.71. The lowest BCUT2D eigenvalue weighted by molar-refractivity contribution is -0.137. The van der Waals surface area contributed by atoms with Gasteiger partial charge in [0.1, 0.15) is 22.5 Å². The summed E-state index contributed by atoms with van der Waals surface area (Å²) in [4.78, 5) is 23.2. The number of carbonyl (C=O) groups is 1. The summed E-state index contributed by atoms with van der Waals surface area (Å²) in [5.41, 5.74) is 0.973. The van der Waals surface area contributed by atoms with Crippen LogP contribution in [0.25, 0.3) is 10.2 Å². The highest BCUT2D eigenvalue weighted by molar-refractivity contribution is 7.18. The largest absolute Gasteiger partial charge is 0.480 e. The van der Waals surface area contributed by atoms with Gasteiger partial charge in [-0.3, -0.25) is 0 Å². The molecule has 3 aromatic rings. The Balaban J connectivity index is 1.98. The van der Waals surface area contributed by atoms with Crippen molar-refractivity contribution < 1.29 is 9.90 Å². The van der Waals surface area contributed by atoms with E-state index in [0.717, 1.165) is 28.0 Å². The van der Waals surface area contributed by atoms with Gasteiger partial charge in [0.15, 0.2) is 0 Å². The molecule has 0 fully saturated rings. The SMILES string of the molecule is CCc1cc2c(NC(Cc3ccccc3)C(=O)O)nc(C(C)C)nc2s1. The number of rotatable bonds is 7. The van der Waals surface area contributed by atoms with Crippen molar-refractivity contribution in [1.29, 1.82) is 0 Å². The van der Waals surface area contributed by atoms with Gasteiger partial charge in [-0.25, -0.2) is 14.8 Å². The predicted octanol–water partition coefficient (Wildman–Crippen LogP) is 4.48. The van der Waals surface area contributed by atoms with Crippen molar-refractivity contribution in [1.82, 2.24) is 9.97 Å². The highest BCUT2D eigenvalue weighted by Gasteiger charge is 2.21. The van der Waals surface area contributed by atoms with Crippen molar-refractivity contribution in [3.8, 4) is 0 Å². The number of nitrogens with one attached hydrogen (secondary N) is 1. The molecule has 0 aliphatic rings. The standard InChI is InChI=1S/C20H23N3O2S/c1-4-14-11-15-18(22-17(12(2)3)23-19(15)26-14)21-16(20(24)25)10-13-8-6-5-7-9-13/h5-9,11-12,16H,4,10H2,1-3H3,(H,24,25)(H,21,22,23). The van der Waals surface area contributed by atoms with Crippen LogP contribution in [-0.4, -0.2) is 27.1 Å². The third-order valence-corrected chi connectivity index (χ3v) is 5.39. The Morgan fingerprint density at radius 1 is 1.23 bits per heavy atom. The van der Waals surface area contributed by atoms with Gasteiger partial charge in [-0.15, -0.1) is 11.3 Å².